The van der Waals surface area contributed by atoms with Crippen molar-refractivity contribution in [2.45, 2.75) is 38.8 Å². The number of carbonyl (C=O) groups is 2. The fourth-order valence-corrected chi connectivity index (χ4v) is 4.10. The van der Waals surface area contributed by atoms with Gasteiger partial charge in [-0.1, -0.05) is 50.2 Å². The van der Waals surface area contributed by atoms with Crippen molar-refractivity contribution in [3.05, 3.63) is 60.2 Å². The van der Waals surface area contributed by atoms with E-state index in [9.17, 15) is 9.59 Å². The van der Waals surface area contributed by atoms with Crippen molar-refractivity contribution in [1.29, 1.82) is 0 Å². The van der Waals surface area contributed by atoms with Gasteiger partial charge in [0.25, 0.3) is 0 Å². The highest BCUT2D eigenvalue weighted by molar-refractivity contribution is 5.93. The summed E-state index contributed by atoms with van der Waals surface area (Å²) in [6.07, 6.45) is 2.30. The van der Waals surface area contributed by atoms with Crippen molar-refractivity contribution in [2.24, 2.45) is 5.92 Å². The summed E-state index contributed by atoms with van der Waals surface area (Å²) >= 11 is 0. The summed E-state index contributed by atoms with van der Waals surface area (Å²) in [5, 5.41) is 8.68. The van der Waals surface area contributed by atoms with Gasteiger partial charge >= 0.3 is 6.03 Å². The highest BCUT2D eigenvalue weighted by Crippen LogP contribution is 2.31. The molecule has 2 atom stereocenters. The standard InChI is InChI=1S/C25H34N4O3/c1-18(2)23(28-25(31)27-19-11-5-4-6-12-19)24(30)26-17-21(29-15-9-10-16-29)20-13-7-8-14-22(20)32-3/h4-8,11-14,18,21,23H,9-10,15-17H2,1-3H3,(H,26,30)(H2,27,28,31). The molecule has 172 valence electrons. The zero-order valence-corrected chi connectivity index (χ0v) is 19.1. The largest absolute Gasteiger partial charge is 0.496 e. The predicted octanol–water partition coefficient (Wildman–Crippen LogP) is 3.79. The van der Waals surface area contributed by atoms with Crippen LogP contribution in [-0.2, 0) is 4.79 Å². The number of ether oxygens (including phenoxy) is 1. The number of amides is 3. The minimum absolute atomic E-state index is 0.0172. The van der Waals surface area contributed by atoms with Crippen LogP contribution in [0.5, 0.6) is 5.75 Å². The fourth-order valence-electron chi connectivity index (χ4n) is 4.10. The summed E-state index contributed by atoms with van der Waals surface area (Å²) in [6.45, 7) is 6.27. The Morgan fingerprint density at radius 1 is 1.00 bits per heavy atom. The number of hydrogen-bond acceptors (Lipinski definition) is 4. The Morgan fingerprint density at radius 3 is 2.31 bits per heavy atom. The average Bonchev–Trinajstić information content (AvgIpc) is 3.33. The minimum Gasteiger partial charge on any atom is -0.496 e. The number of para-hydroxylation sites is 2. The summed E-state index contributed by atoms with van der Waals surface area (Å²) in [4.78, 5) is 27.9. The van der Waals surface area contributed by atoms with E-state index in [2.05, 4.69) is 26.9 Å². The first-order valence-corrected chi connectivity index (χ1v) is 11.3. The molecule has 1 fully saturated rings. The summed E-state index contributed by atoms with van der Waals surface area (Å²) in [7, 11) is 1.67. The molecule has 3 rings (SSSR count). The Labute approximate surface area is 190 Å². The summed E-state index contributed by atoms with van der Waals surface area (Å²) < 4.78 is 5.58. The molecule has 2 unspecified atom stereocenters. The Kier molecular flexibility index (Phi) is 8.50. The van der Waals surface area contributed by atoms with Crippen LogP contribution in [0.1, 0.15) is 38.3 Å². The van der Waals surface area contributed by atoms with Gasteiger partial charge in [0, 0.05) is 17.8 Å². The van der Waals surface area contributed by atoms with Crippen molar-refractivity contribution in [1.82, 2.24) is 15.5 Å². The first kappa shape index (κ1) is 23.6. The number of carbonyl (C=O) groups excluding carboxylic acids is 2. The van der Waals surface area contributed by atoms with Crippen LogP contribution in [0.25, 0.3) is 0 Å². The number of benzene rings is 2. The van der Waals surface area contributed by atoms with E-state index >= 15 is 0 Å². The molecule has 0 saturated carbocycles. The van der Waals surface area contributed by atoms with Gasteiger partial charge in [0.1, 0.15) is 11.8 Å². The molecule has 3 N–H and O–H groups in total. The molecular formula is C25H34N4O3. The summed E-state index contributed by atoms with van der Waals surface area (Å²) in [5.74, 6) is 0.565. The molecule has 0 aromatic heterocycles. The lowest BCUT2D eigenvalue weighted by Crippen LogP contribution is -2.52. The van der Waals surface area contributed by atoms with E-state index in [0.29, 0.717) is 12.2 Å². The van der Waals surface area contributed by atoms with Gasteiger partial charge in [0.05, 0.1) is 13.2 Å². The topological polar surface area (TPSA) is 82.7 Å². The molecule has 0 bridgehead atoms. The molecule has 2 aromatic carbocycles. The fraction of sp³-hybridized carbons (Fsp3) is 0.440. The average molecular weight is 439 g/mol. The van der Waals surface area contributed by atoms with Crippen LogP contribution in [0, 0.1) is 5.92 Å². The first-order chi connectivity index (χ1) is 15.5. The monoisotopic (exact) mass is 438 g/mol. The Bertz CT molecular complexity index is 882. The van der Waals surface area contributed by atoms with Crippen LogP contribution in [-0.4, -0.2) is 49.6 Å². The quantitative estimate of drug-likeness (QED) is 0.556. The van der Waals surface area contributed by atoms with Crippen molar-refractivity contribution in [3.8, 4) is 5.75 Å². The van der Waals surface area contributed by atoms with Gasteiger partial charge in [-0.15, -0.1) is 0 Å². The van der Waals surface area contributed by atoms with E-state index in [1.54, 1.807) is 19.2 Å². The molecule has 1 saturated heterocycles. The lowest BCUT2D eigenvalue weighted by atomic mass is 10.0. The molecule has 3 amide bonds. The number of rotatable bonds is 9. The predicted molar refractivity (Wildman–Crippen MR) is 127 cm³/mol. The van der Waals surface area contributed by atoms with Crippen LogP contribution < -0.4 is 20.7 Å². The molecule has 0 aliphatic carbocycles. The maximum atomic E-state index is 13.1. The molecule has 1 heterocycles. The highest BCUT2D eigenvalue weighted by Gasteiger charge is 2.29. The second-order valence-electron chi connectivity index (χ2n) is 8.43. The normalized spacial score (nSPS) is 15.8. The van der Waals surface area contributed by atoms with E-state index in [1.165, 1.54) is 0 Å². The number of anilines is 1. The molecule has 7 heteroatoms. The molecular weight excluding hydrogens is 404 g/mol. The van der Waals surface area contributed by atoms with E-state index in [1.807, 2.05) is 50.2 Å². The van der Waals surface area contributed by atoms with Crippen molar-refractivity contribution >= 4 is 17.6 Å². The Hall–Kier alpha value is -3.06. The molecule has 0 spiro atoms. The molecule has 32 heavy (non-hydrogen) atoms. The number of methoxy groups -OCH3 is 1. The van der Waals surface area contributed by atoms with Gasteiger partial charge in [-0.05, 0) is 50.0 Å². The minimum atomic E-state index is -0.643. The Morgan fingerprint density at radius 2 is 1.66 bits per heavy atom. The van der Waals surface area contributed by atoms with E-state index < -0.39 is 12.1 Å². The third-order valence-corrected chi connectivity index (χ3v) is 5.82. The van der Waals surface area contributed by atoms with Crippen molar-refractivity contribution in [2.75, 3.05) is 32.1 Å². The smallest absolute Gasteiger partial charge is 0.319 e. The second-order valence-corrected chi connectivity index (χ2v) is 8.43. The van der Waals surface area contributed by atoms with Crippen LogP contribution in [0.15, 0.2) is 54.6 Å². The molecule has 0 radical (unpaired) electrons. The van der Waals surface area contributed by atoms with Crippen LogP contribution in [0.4, 0.5) is 10.5 Å². The lowest BCUT2D eigenvalue weighted by molar-refractivity contribution is -0.124. The first-order valence-electron chi connectivity index (χ1n) is 11.3. The Balaban J connectivity index is 1.66. The number of hydrogen-bond donors (Lipinski definition) is 3. The van der Waals surface area contributed by atoms with Crippen LogP contribution in [0.2, 0.25) is 0 Å². The van der Waals surface area contributed by atoms with E-state index in [4.69, 9.17) is 4.74 Å². The third-order valence-electron chi connectivity index (χ3n) is 5.82. The maximum Gasteiger partial charge on any atom is 0.319 e. The maximum absolute atomic E-state index is 13.1. The lowest BCUT2D eigenvalue weighted by Gasteiger charge is -2.30. The summed E-state index contributed by atoms with van der Waals surface area (Å²) in [5.41, 5.74) is 1.74. The zero-order valence-electron chi connectivity index (χ0n) is 19.1. The third kappa shape index (κ3) is 6.23. The van der Waals surface area contributed by atoms with Gasteiger partial charge in [0.2, 0.25) is 5.91 Å². The van der Waals surface area contributed by atoms with Crippen molar-refractivity contribution in [3.63, 3.8) is 0 Å². The van der Waals surface area contributed by atoms with E-state index in [-0.39, 0.29) is 17.9 Å². The van der Waals surface area contributed by atoms with Gasteiger partial charge in [-0.2, -0.15) is 0 Å². The number of nitrogens with zero attached hydrogens (tertiary/aromatic N) is 1. The summed E-state index contributed by atoms with van der Waals surface area (Å²) in [6, 6.07) is 16.1. The number of nitrogens with one attached hydrogen (secondary N) is 3. The highest BCUT2D eigenvalue weighted by atomic mass is 16.5. The number of likely N-dealkylation sites (tertiary alicyclic amines) is 1. The van der Waals surface area contributed by atoms with Crippen LogP contribution in [0.3, 0.4) is 0 Å². The van der Waals surface area contributed by atoms with Gasteiger partial charge < -0.3 is 20.7 Å². The molecule has 7 nitrogen and oxygen atoms in total. The van der Waals surface area contributed by atoms with Gasteiger partial charge in [-0.3, -0.25) is 9.69 Å². The second kappa shape index (κ2) is 11.5. The SMILES string of the molecule is COc1ccccc1C(CNC(=O)C(NC(=O)Nc1ccccc1)C(C)C)N1CCCC1. The number of urea groups is 1. The van der Waals surface area contributed by atoms with Crippen molar-refractivity contribution < 1.29 is 14.3 Å². The van der Waals surface area contributed by atoms with Gasteiger partial charge in [0.15, 0.2) is 0 Å². The molecule has 2 aromatic rings. The zero-order chi connectivity index (χ0) is 22.9. The molecule has 1 aliphatic rings. The van der Waals surface area contributed by atoms with Gasteiger partial charge in [-0.25, -0.2) is 4.79 Å². The molecule has 1 aliphatic heterocycles. The van der Waals surface area contributed by atoms with Crippen LogP contribution >= 0.6 is 0 Å². The van der Waals surface area contributed by atoms with E-state index in [0.717, 1.165) is 37.2 Å².